The third-order valence-electron chi connectivity index (χ3n) is 3.70. The third-order valence-corrected chi connectivity index (χ3v) is 3.70. The fourth-order valence-electron chi connectivity index (χ4n) is 2.37. The van der Waals surface area contributed by atoms with E-state index in [4.69, 9.17) is 5.11 Å². The Morgan fingerprint density at radius 3 is 1.70 bits per heavy atom. The molecule has 0 spiro atoms. The van der Waals surface area contributed by atoms with E-state index in [0.29, 0.717) is 6.42 Å². The van der Waals surface area contributed by atoms with E-state index in [1.165, 1.54) is 77.3 Å². The van der Waals surface area contributed by atoms with Crippen molar-refractivity contribution < 1.29 is 9.90 Å². The van der Waals surface area contributed by atoms with Crippen LogP contribution < -0.4 is 5.32 Å². The standard InChI is InChI=1S/C17H35NO2/c1-2-3-15-18-16-13-11-9-7-5-4-6-8-10-12-14-17(19)20/h18H,2-16H2,1H3,(H,19,20). The molecule has 3 nitrogen and oxygen atoms in total. The molecule has 0 heterocycles. The maximum absolute atomic E-state index is 10.3. The number of hydrogen-bond donors (Lipinski definition) is 2. The molecule has 20 heavy (non-hydrogen) atoms. The fourth-order valence-corrected chi connectivity index (χ4v) is 2.37. The molecule has 0 atom stereocenters. The van der Waals surface area contributed by atoms with Crippen molar-refractivity contribution in [1.82, 2.24) is 5.32 Å². The second-order valence-electron chi connectivity index (χ2n) is 5.78. The van der Waals surface area contributed by atoms with Gasteiger partial charge in [0.25, 0.3) is 0 Å². The average molecular weight is 285 g/mol. The number of nitrogens with one attached hydrogen (secondary N) is 1. The molecule has 0 saturated heterocycles. The largest absolute Gasteiger partial charge is 0.481 e. The number of carboxylic acids is 1. The zero-order valence-corrected chi connectivity index (χ0v) is 13.5. The van der Waals surface area contributed by atoms with Gasteiger partial charge in [-0.05, 0) is 32.4 Å². The summed E-state index contributed by atoms with van der Waals surface area (Å²) >= 11 is 0. The number of unbranched alkanes of at least 4 members (excludes halogenated alkanes) is 10. The van der Waals surface area contributed by atoms with Crippen molar-refractivity contribution in [2.45, 2.75) is 90.4 Å². The van der Waals surface area contributed by atoms with Gasteiger partial charge < -0.3 is 10.4 Å². The molecule has 0 saturated carbocycles. The number of hydrogen-bond acceptors (Lipinski definition) is 2. The molecule has 0 amide bonds. The quantitative estimate of drug-likeness (QED) is 0.402. The SMILES string of the molecule is CCCCNCCCCCCCCCCCCC(=O)O. The lowest BCUT2D eigenvalue weighted by molar-refractivity contribution is -0.137. The minimum atomic E-state index is -0.658. The first-order valence-electron chi connectivity index (χ1n) is 8.70. The van der Waals surface area contributed by atoms with E-state index < -0.39 is 5.97 Å². The van der Waals surface area contributed by atoms with Gasteiger partial charge in [-0.25, -0.2) is 0 Å². The van der Waals surface area contributed by atoms with Crippen LogP contribution in [0.3, 0.4) is 0 Å². The molecule has 0 aromatic rings. The molecule has 0 aliphatic heterocycles. The summed E-state index contributed by atoms with van der Waals surface area (Å²) in [5, 5.41) is 12.0. The van der Waals surface area contributed by atoms with Crippen molar-refractivity contribution >= 4 is 5.97 Å². The van der Waals surface area contributed by atoms with Crippen LogP contribution in [-0.2, 0) is 4.79 Å². The van der Waals surface area contributed by atoms with Crippen molar-refractivity contribution in [2.24, 2.45) is 0 Å². The number of rotatable bonds is 16. The highest BCUT2D eigenvalue weighted by Gasteiger charge is 1.96. The van der Waals surface area contributed by atoms with E-state index in [-0.39, 0.29) is 0 Å². The highest BCUT2D eigenvalue weighted by atomic mass is 16.4. The summed E-state index contributed by atoms with van der Waals surface area (Å²) in [6, 6.07) is 0. The molecule has 0 rings (SSSR count). The van der Waals surface area contributed by atoms with Crippen molar-refractivity contribution in [3.05, 3.63) is 0 Å². The van der Waals surface area contributed by atoms with E-state index >= 15 is 0 Å². The maximum atomic E-state index is 10.3. The Balaban J connectivity index is 2.94. The van der Waals surface area contributed by atoms with Crippen LogP contribution in [0.1, 0.15) is 90.4 Å². The van der Waals surface area contributed by atoms with Crippen molar-refractivity contribution in [2.75, 3.05) is 13.1 Å². The van der Waals surface area contributed by atoms with Crippen molar-refractivity contribution in [3.63, 3.8) is 0 Å². The Labute approximate surface area is 125 Å². The highest BCUT2D eigenvalue weighted by Crippen LogP contribution is 2.11. The minimum absolute atomic E-state index is 0.340. The lowest BCUT2D eigenvalue weighted by Crippen LogP contribution is -2.16. The van der Waals surface area contributed by atoms with Crippen LogP contribution in [0.5, 0.6) is 0 Å². The second kappa shape index (κ2) is 16.5. The molecule has 0 aliphatic carbocycles. The summed E-state index contributed by atoms with van der Waals surface area (Å²) < 4.78 is 0. The van der Waals surface area contributed by atoms with Crippen LogP contribution in [0.4, 0.5) is 0 Å². The van der Waals surface area contributed by atoms with Crippen LogP contribution in [0.15, 0.2) is 0 Å². The molecule has 0 radical (unpaired) electrons. The predicted molar refractivity (Wildman–Crippen MR) is 86.2 cm³/mol. The van der Waals surface area contributed by atoms with E-state index in [9.17, 15) is 4.79 Å². The summed E-state index contributed by atoms with van der Waals surface area (Å²) in [6.45, 7) is 4.59. The molecule has 3 heteroatoms. The lowest BCUT2D eigenvalue weighted by Gasteiger charge is -2.04. The van der Waals surface area contributed by atoms with Gasteiger partial charge in [-0.1, -0.05) is 64.7 Å². The molecule has 0 bridgehead atoms. The van der Waals surface area contributed by atoms with E-state index in [0.717, 1.165) is 12.8 Å². The zero-order chi connectivity index (χ0) is 14.9. The van der Waals surface area contributed by atoms with Gasteiger partial charge in [-0.3, -0.25) is 4.79 Å². The molecular weight excluding hydrogens is 250 g/mol. The smallest absolute Gasteiger partial charge is 0.303 e. The van der Waals surface area contributed by atoms with Crippen LogP contribution >= 0.6 is 0 Å². The Morgan fingerprint density at radius 2 is 1.20 bits per heavy atom. The molecule has 2 N–H and O–H groups in total. The van der Waals surface area contributed by atoms with E-state index in [1.54, 1.807) is 0 Å². The average Bonchev–Trinajstić information content (AvgIpc) is 2.43. The van der Waals surface area contributed by atoms with Gasteiger partial charge in [-0.15, -0.1) is 0 Å². The Hall–Kier alpha value is -0.570. The van der Waals surface area contributed by atoms with E-state index in [2.05, 4.69) is 12.2 Å². The number of carbonyl (C=O) groups is 1. The van der Waals surface area contributed by atoms with Crippen molar-refractivity contribution in [3.8, 4) is 0 Å². The number of carboxylic acid groups (broad SMARTS) is 1. The molecular formula is C17H35NO2. The summed E-state index contributed by atoms with van der Waals surface area (Å²) in [4.78, 5) is 10.3. The summed E-state index contributed by atoms with van der Waals surface area (Å²) in [5.74, 6) is -0.658. The molecule has 0 fully saturated rings. The Morgan fingerprint density at radius 1 is 0.750 bits per heavy atom. The Bertz CT molecular complexity index is 207. The monoisotopic (exact) mass is 285 g/mol. The maximum Gasteiger partial charge on any atom is 0.303 e. The summed E-state index contributed by atoms with van der Waals surface area (Å²) in [5.41, 5.74) is 0. The first-order chi connectivity index (χ1) is 9.77. The second-order valence-corrected chi connectivity index (χ2v) is 5.78. The van der Waals surface area contributed by atoms with Gasteiger partial charge in [0.05, 0.1) is 0 Å². The van der Waals surface area contributed by atoms with Gasteiger partial charge in [0, 0.05) is 6.42 Å². The topological polar surface area (TPSA) is 49.3 Å². The normalized spacial score (nSPS) is 10.8. The van der Waals surface area contributed by atoms with Gasteiger partial charge in [-0.2, -0.15) is 0 Å². The first-order valence-corrected chi connectivity index (χ1v) is 8.70. The Kier molecular flexibility index (Phi) is 16.0. The number of aliphatic carboxylic acids is 1. The lowest BCUT2D eigenvalue weighted by atomic mass is 10.1. The molecule has 120 valence electrons. The first kappa shape index (κ1) is 19.4. The third kappa shape index (κ3) is 17.4. The predicted octanol–water partition coefficient (Wildman–Crippen LogP) is 4.75. The van der Waals surface area contributed by atoms with Crippen LogP contribution in [0, 0.1) is 0 Å². The molecule has 0 aromatic carbocycles. The molecule has 0 aliphatic rings. The zero-order valence-electron chi connectivity index (χ0n) is 13.5. The fraction of sp³-hybridized carbons (Fsp3) is 0.941. The highest BCUT2D eigenvalue weighted by molar-refractivity contribution is 5.66. The van der Waals surface area contributed by atoms with Gasteiger partial charge in [0.1, 0.15) is 0 Å². The van der Waals surface area contributed by atoms with Crippen LogP contribution in [0.25, 0.3) is 0 Å². The summed E-state index contributed by atoms with van der Waals surface area (Å²) in [6.07, 6.45) is 15.4. The van der Waals surface area contributed by atoms with E-state index in [1.807, 2.05) is 0 Å². The van der Waals surface area contributed by atoms with Crippen LogP contribution in [-0.4, -0.2) is 24.2 Å². The van der Waals surface area contributed by atoms with Gasteiger partial charge in [0.2, 0.25) is 0 Å². The van der Waals surface area contributed by atoms with Gasteiger partial charge >= 0.3 is 5.97 Å². The molecule has 0 unspecified atom stereocenters. The minimum Gasteiger partial charge on any atom is -0.481 e. The van der Waals surface area contributed by atoms with Crippen LogP contribution in [0.2, 0.25) is 0 Å². The summed E-state index contributed by atoms with van der Waals surface area (Å²) in [7, 11) is 0. The van der Waals surface area contributed by atoms with Crippen molar-refractivity contribution in [1.29, 1.82) is 0 Å². The van der Waals surface area contributed by atoms with Gasteiger partial charge in [0.15, 0.2) is 0 Å². The molecule has 0 aromatic heterocycles.